The van der Waals surface area contributed by atoms with E-state index >= 15 is 0 Å². The Morgan fingerprint density at radius 3 is 2.31 bits per heavy atom. The highest BCUT2D eigenvalue weighted by Crippen LogP contribution is 2.11. The molecule has 0 amide bonds. The molecule has 97 valence electrons. The Bertz CT molecular complexity index is 135. The first-order chi connectivity index (χ1) is 7.70. The van der Waals surface area contributed by atoms with Gasteiger partial charge in [-0.15, -0.1) is 0 Å². The minimum atomic E-state index is 0.354. The molecule has 0 aliphatic carbocycles. The Kier molecular flexibility index (Phi) is 11.3. The molecule has 0 aliphatic rings. The van der Waals surface area contributed by atoms with E-state index in [2.05, 4.69) is 27.7 Å². The highest BCUT2D eigenvalue weighted by molar-refractivity contribution is 4.60. The van der Waals surface area contributed by atoms with Gasteiger partial charge in [0.25, 0.3) is 0 Å². The monoisotopic (exact) mass is 229 g/mol. The molecule has 0 saturated carbocycles. The molecule has 0 N–H and O–H groups in total. The topological polar surface area (TPSA) is 18.5 Å². The van der Waals surface area contributed by atoms with Gasteiger partial charge in [-0.1, -0.05) is 20.3 Å². The van der Waals surface area contributed by atoms with Crippen LogP contribution in [-0.2, 0) is 9.47 Å². The van der Waals surface area contributed by atoms with E-state index in [0.29, 0.717) is 12.2 Å². The van der Waals surface area contributed by atoms with Crippen LogP contribution < -0.4 is 0 Å². The van der Waals surface area contributed by atoms with E-state index in [1.807, 2.05) is 0 Å². The maximum absolute atomic E-state index is 5.78. The molecule has 0 aromatic carbocycles. The molecule has 1 radical (unpaired) electrons. The van der Waals surface area contributed by atoms with Crippen molar-refractivity contribution in [2.45, 2.75) is 71.5 Å². The fourth-order valence-corrected chi connectivity index (χ4v) is 1.62. The van der Waals surface area contributed by atoms with Gasteiger partial charge in [-0.05, 0) is 46.0 Å². The fourth-order valence-electron chi connectivity index (χ4n) is 1.62. The summed E-state index contributed by atoms with van der Waals surface area (Å²) in [7, 11) is 0. The van der Waals surface area contributed by atoms with Crippen molar-refractivity contribution in [1.29, 1.82) is 0 Å². The lowest BCUT2D eigenvalue weighted by Crippen LogP contribution is -2.14. The van der Waals surface area contributed by atoms with Gasteiger partial charge in [0.2, 0.25) is 0 Å². The Morgan fingerprint density at radius 2 is 1.75 bits per heavy atom. The highest BCUT2D eigenvalue weighted by atomic mass is 16.5. The van der Waals surface area contributed by atoms with E-state index in [0.717, 1.165) is 45.3 Å². The van der Waals surface area contributed by atoms with Gasteiger partial charge < -0.3 is 9.47 Å². The Hall–Kier alpha value is -0.0800. The largest absolute Gasteiger partial charge is 0.379 e. The first-order valence-corrected chi connectivity index (χ1v) is 6.73. The van der Waals surface area contributed by atoms with Crippen molar-refractivity contribution in [2.24, 2.45) is 0 Å². The number of hydrogen-bond acceptors (Lipinski definition) is 2. The molecule has 2 nitrogen and oxygen atoms in total. The molecular formula is C14H29O2. The summed E-state index contributed by atoms with van der Waals surface area (Å²) in [6.45, 7) is 12.0. The van der Waals surface area contributed by atoms with Gasteiger partial charge in [0.15, 0.2) is 0 Å². The Labute approximate surface area is 102 Å². The predicted octanol–water partition coefficient (Wildman–Crippen LogP) is 3.99. The maximum Gasteiger partial charge on any atom is 0.0575 e. The normalized spacial score (nSPS) is 13.3. The van der Waals surface area contributed by atoms with Crippen molar-refractivity contribution in [1.82, 2.24) is 0 Å². The van der Waals surface area contributed by atoms with Crippen LogP contribution in [-0.4, -0.2) is 25.4 Å². The zero-order valence-corrected chi connectivity index (χ0v) is 11.3. The van der Waals surface area contributed by atoms with Crippen LogP contribution in [0.25, 0.3) is 0 Å². The fraction of sp³-hybridized carbons (Fsp3) is 0.929. The number of hydrogen-bond donors (Lipinski definition) is 0. The van der Waals surface area contributed by atoms with Crippen LogP contribution in [0.3, 0.4) is 0 Å². The summed E-state index contributed by atoms with van der Waals surface area (Å²) < 4.78 is 11.3. The van der Waals surface area contributed by atoms with Crippen LogP contribution >= 0.6 is 0 Å². The van der Waals surface area contributed by atoms with Gasteiger partial charge in [0.1, 0.15) is 0 Å². The summed E-state index contributed by atoms with van der Waals surface area (Å²) in [5, 5.41) is 0. The molecule has 16 heavy (non-hydrogen) atoms. The smallest absolute Gasteiger partial charge is 0.0575 e. The summed E-state index contributed by atoms with van der Waals surface area (Å²) in [4.78, 5) is 0. The number of rotatable bonds is 11. The van der Waals surface area contributed by atoms with Crippen LogP contribution in [0, 0.1) is 6.92 Å². The second-order valence-corrected chi connectivity index (χ2v) is 4.55. The van der Waals surface area contributed by atoms with Crippen molar-refractivity contribution < 1.29 is 9.47 Å². The van der Waals surface area contributed by atoms with Crippen LogP contribution in [0.15, 0.2) is 0 Å². The molecule has 1 unspecified atom stereocenters. The average Bonchev–Trinajstić information content (AvgIpc) is 2.24. The summed E-state index contributed by atoms with van der Waals surface area (Å²) >= 11 is 0. The predicted molar refractivity (Wildman–Crippen MR) is 69.6 cm³/mol. The van der Waals surface area contributed by atoms with Crippen molar-refractivity contribution in [3.8, 4) is 0 Å². The molecule has 2 heteroatoms. The molecule has 0 heterocycles. The molecule has 0 aromatic rings. The van der Waals surface area contributed by atoms with Crippen LogP contribution in [0.4, 0.5) is 0 Å². The van der Waals surface area contributed by atoms with Gasteiger partial charge in [0.05, 0.1) is 12.2 Å². The van der Waals surface area contributed by atoms with E-state index in [4.69, 9.17) is 9.47 Å². The molecule has 0 spiro atoms. The van der Waals surface area contributed by atoms with E-state index in [1.165, 1.54) is 6.42 Å². The lowest BCUT2D eigenvalue weighted by Gasteiger charge is -2.16. The van der Waals surface area contributed by atoms with Crippen molar-refractivity contribution in [2.75, 3.05) is 13.2 Å². The summed E-state index contributed by atoms with van der Waals surface area (Å²) in [5.41, 5.74) is 0. The Balaban J connectivity index is 3.43. The minimum absolute atomic E-state index is 0.354. The average molecular weight is 229 g/mol. The summed E-state index contributed by atoms with van der Waals surface area (Å²) in [6.07, 6.45) is 7.41. The molecule has 0 bridgehead atoms. The van der Waals surface area contributed by atoms with Gasteiger partial charge in [0, 0.05) is 13.2 Å². The van der Waals surface area contributed by atoms with E-state index in [9.17, 15) is 0 Å². The molecule has 0 aromatic heterocycles. The minimum Gasteiger partial charge on any atom is -0.379 e. The van der Waals surface area contributed by atoms with Crippen molar-refractivity contribution in [3.63, 3.8) is 0 Å². The third-order valence-corrected chi connectivity index (χ3v) is 2.46. The third kappa shape index (κ3) is 10.4. The molecule has 0 fully saturated rings. The van der Waals surface area contributed by atoms with Gasteiger partial charge in [-0.25, -0.2) is 0 Å². The third-order valence-electron chi connectivity index (χ3n) is 2.46. The van der Waals surface area contributed by atoms with Crippen LogP contribution in [0.2, 0.25) is 0 Å². The van der Waals surface area contributed by atoms with Crippen LogP contribution in [0.5, 0.6) is 0 Å². The molecule has 0 aliphatic heterocycles. The van der Waals surface area contributed by atoms with E-state index < -0.39 is 0 Å². The SMILES string of the molecule is [CH2]CCC(CCCCOC(C)C)OCCC. The summed E-state index contributed by atoms with van der Waals surface area (Å²) in [6, 6.07) is 0. The first kappa shape index (κ1) is 15.9. The second-order valence-electron chi connectivity index (χ2n) is 4.55. The second kappa shape index (κ2) is 11.4. The molecule has 0 rings (SSSR count). The zero-order valence-electron chi connectivity index (χ0n) is 11.3. The molecule has 0 saturated heterocycles. The van der Waals surface area contributed by atoms with E-state index in [1.54, 1.807) is 0 Å². The standard InChI is InChI=1S/C14H29O2/c1-5-9-14(16-11-6-2)10-7-8-12-15-13(3)4/h13-14H,1,5-12H2,2-4H3. The Morgan fingerprint density at radius 1 is 1.00 bits per heavy atom. The van der Waals surface area contributed by atoms with Gasteiger partial charge >= 0.3 is 0 Å². The lowest BCUT2D eigenvalue weighted by atomic mass is 10.1. The van der Waals surface area contributed by atoms with Gasteiger partial charge in [-0.3, -0.25) is 0 Å². The van der Waals surface area contributed by atoms with Crippen molar-refractivity contribution in [3.05, 3.63) is 6.92 Å². The van der Waals surface area contributed by atoms with E-state index in [-0.39, 0.29) is 0 Å². The highest BCUT2D eigenvalue weighted by Gasteiger charge is 2.07. The summed E-state index contributed by atoms with van der Waals surface area (Å²) in [5.74, 6) is 0. The van der Waals surface area contributed by atoms with Crippen molar-refractivity contribution >= 4 is 0 Å². The quantitative estimate of drug-likeness (QED) is 0.499. The zero-order chi connectivity index (χ0) is 12.2. The van der Waals surface area contributed by atoms with Gasteiger partial charge in [-0.2, -0.15) is 0 Å². The number of ether oxygens (including phenoxy) is 2. The molecule has 1 atom stereocenters. The first-order valence-electron chi connectivity index (χ1n) is 6.73. The molecular weight excluding hydrogens is 200 g/mol. The maximum atomic E-state index is 5.78. The van der Waals surface area contributed by atoms with Crippen LogP contribution in [0.1, 0.15) is 59.3 Å². The number of unbranched alkanes of at least 4 members (excludes halogenated alkanes) is 1. The lowest BCUT2D eigenvalue weighted by molar-refractivity contribution is 0.0358.